The molecular formula is C15H22O3. The summed E-state index contributed by atoms with van der Waals surface area (Å²) in [5, 5.41) is 24.0. The summed E-state index contributed by atoms with van der Waals surface area (Å²) >= 11 is 0. The number of fused-ring (bicyclic) bond motifs is 1. The van der Waals surface area contributed by atoms with E-state index in [0.717, 1.165) is 0 Å². The molecule has 0 amide bonds. The first-order chi connectivity index (χ1) is 8.60. The zero-order chi connectivity index (χ0) is 13.5. The first-order valence-electron chi connectivity index (χ1n) is 6.27. The quantitative estimate of drug-likeness (QED) is 0.766. The lowest BCUT2D eigenvalue weighted by molar-refractivity contribution is 0.0450. The Morgan fingerprint density at radius 2 is 1.72 bits per heavy atom. The van der Waals surface area contributed by atoms with E-state index in [-0.39, 0.29) is 13.2 Å². The molecule has 18 heavy (non-hydrogen) atoms. The highest BCUT2D eigenvalue weighted by atomic mass is 16.3. The Hall–Kier alpha value is -1.16. The molecule has 1 aliphatic carbocycles. The topological polar surface area (TPSA) is 60.7 Å². The lowest BCUT2D eigenvalue weighted by Crippen LogP contribution is -2.15. The van der Waals surface area contributed by atoms with Crippen LogP contribution in [0.2, 0.25) is 0 Å². The number of rotatable bonds is 3. The second-order valence-corrected chi connectivity index (χ2v) is 4.78. The van der Waals surface area contributed by atoms with Gasteiger partial charge in [-0.2, -0.15) is 0 Å². The molecule has 0 fully saturated rings. The monoisotopic (exact) mass is 250 g/mol. The lowest BCUT2D eigenvalue weighted by atomic mass is 9.90. The molecule has 0 aromatic heterocycles. The van der Waals surface area contributed by atoms with Gasteiger partial charge in [0.25, 0.3) is 0 Å². The Labute approximate surface area is 108 Å². The van der Waals surface area contributed by atoms with Crippen molar-refractivity contribution in [2.75, 3.05) is 13.2 Å². The highest BCUT2D eigenvalue weighted by Gasteiger charge is 2.18. The van der Waals surface area contributed by atoms with E-state index >= 15 is 0 Å². The van der Waals surface area contributed by atoms with Crippen LogP contribution in [0.25, 0.3) is 6.08 Å². The number of hydrogen-bond acceptors (Lipinski definition) is 3. The van der Waals surface area contributed by atoms with Gasteiger partial charge in [-0.1, -0.05) is 50.3 Å². The van der Waals surface area contributed by atoms with Crippen LogP contribution in [0.1, 0.15) is 30.9 Å². The number of aliphatic hydroxyl groups excluding tert-OH is 3. The molecule has 3 heteroatoms. The molecule has 0 aliphatic heterocycles. The highest BCUT2D eigenvalue weighted by molar-refractivity contribution is 5.62. The van der Waals surface area contributed by atoms with Crippen LogP contribution in [-0.4, -0.2) is 34.6 Å². The summed E-state index contributed by atoms with van der Waals surface area (Å²) in [6.07, 6.45) is 3.60. The smallest absolute Gasteiger partial charge is 0.100 e. The molecule has 0 radical (unpaired) electrons. The number of aliphatic hydroxyl groups is 3. The predicted octanol–water partition coefficient (Wildman–Crippen LogP) is 1.78. The second-order valence-electron chi connectivity index (χ2n) is 4.78. The lowest BCUT2D eigenvalue weighted by Gasteiger charge is -2.14. The minimum absolute atomic E-state index is 0.365. The van der Waals surface area contributed by atoms with Crippen LogP contribution >= 0.6 is 0 Å². The Morgan fingerprint density at radius 1 is 1.11 bits per heavy atom. The Balaban J connectivity index is 0.000000232. The van der Waals surface area contributed by atoms with Crippen molar-refractivity contribution in [3.63, 3.8) is 0 Å². The number of hydrogen-bond donors (Lipinski definition) is 3. The first kappa shape index (κ1) is 14.9. The third-order valence-electron chi connectivity index (χ3n) is 2.98. The Morgan fingerprint density at radius 3 is 2.22 bits per heavy atom. The molecule has 2 rings (SSSR count). The largest absolute Gasteiger partial charge is 0.394 e. The van der Waals surface area contributed by atoms with Crippen molar-refractivity contribution in [1.29, 1.82) is 0 Å². The summed E-state index contributed by atoms with van der Waals surface area (Å²) in [5.41, 5.74) is 2.89. The van der Waals surface area contributed by atoms with E-state index in [1.54, 1.807) is 0 Å². The molecule has 1 aliphatic rings. The zero-order valence-electron chi connectivity index (χ0n) is 11.0. The van der Waals surface area contributed by atoms with Gasteiger partial charge in [0.15, 0.2) is 0 Å². The molecule has 0 saturated heterocycles. The maximum absolute atomic E-state index is 8.17. The van der Waals surface area contributed by atoms with Crippen LogP contribution in [0.3, 0.4) is 0 Å². The number of benzene rings is 1. The van der Waals surface area contributed by atoms with Crippen LogP contribution < -0.4 is 0 Å². The van der Waals surface area contributed by atoms with Gasteiger partial charge >= 0.3 is 0 Å². The third-order valence-corrected chi connectivity index (χ3v) is 2.98. The Kier molecular flexibility index (Phi) is 6.05. The van der Waals surface area contributed by atoms with Crippen molar-refractivity contribution in [1.82, 2.24) is 0 Å². The van der Waals surface area contributed by atoms with Gasteiger partial charge < -0.3 is 15.3 Å². The third kappa shape index (κ3) is 3.95. The van der Waals surface area contributed by atoms with Crippen molar-refractivity contribution in [3.8, 4) is 0 Å². The molecule has 1 atom stereocenters. The first-order valence-corrected chi connectivity index (χ1v) is 6.27. The van der Waals surface area contributed by atoms with Crippen molar-refractivity contribution < 1.29 is 15.3 Å². The van der Waals surface area contributed by atoms with Gasteiger partial charge in [0, 0.05) is 5.92 Å². The number of allylic oxidation sites excluding steroid dienone is 1. The molecular weight excluding hydrogens is 228 g/mol. The van der Waals surface area contributed by atoms with Gasteiger partial charge in [0.05, 0.1) is 13.2 Å². The average Bonchev–Trinajstić information content (AvgIpc) is 2.82. The van der Waals surface area contributed by atoms with Gasteiger partial charge in [0.1, 0.15) is 6.10 Å². The highest BCUT2D eigenvalue weighted by Crippen LogP contribution is 2.34. The van der Waals surface area contributed by atoms with E-state index in [1.807, 2.05) is 0 Å². The van der Waals surface area contributed by atoms with E-state index in [1.165, 1.54) is 11.1 Å². The fourth-order valence-electron chi connectivity index (χ4n) is 1.92. The molecule has 0 saturated carbocycles. The average molecular weight is 250 g/mol. The van der Waals surface area contributed by atoms with Crippen molar-refractivity contribution in [2.45, 2.75) is 25.9 Å². The molecule has 100 valence electrons. The fraction of sp³-hybridized carbons (Fsp3) is 0.467. The normalized spacial score (nSPS) is 16.7. The molecule has 0 heterocycles. The zero-order valence-corrected chi connectivity index (χ0v) is 11.0. The summed E-state index contributed by atoms with van der Waals surface area (Å²) < 4.78 is 0. The van der Waals surface area contributed by atoms with Crippen LogP contribution in [-0.2, 0) is 0 Å². The van der Waals surface area contributed by atoms with Gasteiger partial charge in [-0.05, 0) is 17.0 Å². The van der Waals surface area contributed by atoms with Crippen LogP contribution in [0.4, 0.5) is 0 Å². The van der Waals surface area contributed by atoms with E-state index in [9.17, 15) is 0 Å². The fourth-order valence-corrected chi connectivity index (χ4v) is 1.92. The van der Waals surface area contributed by atoms with Crippen LogP contribution in [0, 0.1) is 5.92 Å². The SMILES string of the molecule is CC(C)C1C=Cc2ccccc21.OCC(O)CO. The molecule has 1 unspecified atom stereocenters. The molecule has 3 nitrogen and oxygen atoms in total. The van der Waals surface area contributed by atoms with Gasteiger partial charge in [0.2, 0.25) is 0 Å². The van der Waals surface area contributed by atoms with E-state index in [4.69, 9.17) is 15.3 Å². The summed E-state index contributed by atoms with van der Waals surface area (Å²) in [6.45, 7) is 3.82. The summed E-state index contributed by atoms with van der Waals surface area (Å²) in [7, 11) is 0. The van der Waals surface area contributed by atoms with E-state index in [2.05, 4.69) is 50.3 Å². The summed E-state index contributed by atoms with van der Waals surface area (Å²) in [5.74, 6) is 1.35. The van der Waals surface area contributed by atoms with E-state index in [0.29, 0.717) is 11.8 Å². The summed E-state index contributed by atoms with van der Waals surface area (Å²) in [4.78, 5) is 0. The van der Waals surface area contributed by atoms with Crippen molar-refractivity contribution >= 4 is 6.08 Å². The summed E-state index contributed by atoms with van der Waals surface area (Å²) in [6, 6.07) is 8.65. The predicted molar refractivity (Wildman–Crippen MR) is 73.2 cm³/mol. The Bertz CT molecular complexity index is 381. The standard InChI is InChI=1S/C12H14.C3H8O3/c1-9(2)11-8-7-10-5-3-4-6-12(10)11;4-1-3(6)2-5/h3-9,11H,1-2H3;3-6H,1-2H2. The molecule has 0 bridgehead atoms. The second kappa shape index (κ2) is 7.31. The van der Waals surface area contributed by atoms with Gasteiger partial charge in [-0.15, -0.1) is 0 Å². The van der Waals surface area contributed by atoms with Crippen LogP contribution in [0.15, 0.2) is 30.3 Å². The maximum Gasteiger partial charge on any atom is 0.100 e. The van der Waals surface area contributed by atoms with Gasteiger partial charge in [-0.3, -0.25) is 0 Å². The van der Waals surface area contributed by atoms with E-state index < -0.39 is 6.10 Å². The molecule has 1 aromatic carbocycles. The minimum atomic E-state index is -0.954. The molecule has 0 spiro atoms. The minimum Gasteiger partial charge on any atom is -0.394 e. The maximum atomic E-state index is 8.17. The molecule has 3 N–H and O–H groups in total. The van der Waals surface area contributed by atoms with Crippen molar-refractivity contribution in [2.24, 2.45) is 5.92 Å². The van der Waals surface area contributed by atoms with Crippen LogP contribution in [0.5, 0.6) is 0 Å². The van der Waals surface area contributed by atoms with Crippen molar-refractivity contribution in [3.05, 3.63) is 41.5 Å². The molecule has 1 aromatic rings. The van der Waals surface area contributed by atoms with Gasteiger partial charge in [-0.25, -0.2) is 0 Å².